The molecular formula is C17H21FN2S. The second kappa shape index (κ2) is 6.67. The van der Waals surface area contributed by atoms with Gasteiger partial charge in [0.25, 0.3) is 0 Å². The van der Waals surface area contributed by atoms with E-state index >= 15 is 0 Å². The molecule has 2 nitrogen and oxygen atoms in total. The molecule has 1 aliphatic carbocycles. The van der Waals surface area contributed by atoms with E-state index < -0.39 is 0 Å². The molecule has 1 heterocycles. The predicted molar refractivity (Wildman–Crippen MR) is 85.3 cm³/mol. The Morgan fingerprint density at radius 2 is 2.24 bits per heavy atom. The highest BCUT2D eigenvalue weighted by molar-refractivity contribution is 7.11. The number of hydrogen-bond acceptors (Lipinski definition) is 3. The van der Waals surface area contributed by atoms with Crippen LogP contribution < -0.4 is 5.32 Å². The van der Waals surface area contributed by atoms with Crippen molar-refractivity contribution in [3.8, 4) is 0 Å². The molecule has 0 aliphatic heterocycles. The van der Waals surface area contributed by atoms with Gasteiger partial charge in [0.05, 0.1) is 10.7 Å². The van der Waals surface area contributed by atoms with Crippen LogP contribution in [0.2, 0.25) is 0 Å². The van der Waals surface area contributed by atoms with Crippen LogP contribution in [-0.4, -0.2) is 11.5 Å². The Labute approximate surface area is 129 Å². The normalized spacial score (nSPS) is 17.7. The molecule has 1 atom stereocenters. The summed E-state index contributed by atoms with van der Waals surface area (Å²) >= 11 is 1.76. The lowest BCUT2D eigenvalue weighted by molar-refractivity contribution is 0.464. The van der Waals surface area contributed by atoms with Crippen LogP contribution in [0.3, 0.4) is 0 Å². The third-order valence-electron chi connectivity index (χ3n) is 3.93. The Hall–Kier alpha value is -1.26. The van der Waals surface area contributed by atoms with Crippen molar-refractivity contribution in [1.82, 2.24) is 10.3 Å². The van der Waals surface area contributed by atoms with E-state index in [2.05, 4.69) is 12.2 Å². The van der Waals surface area contributed by atoms with Crippen molar-refractivity contribution >= 4 is 11.3 Å². The number of aromatic nitrogens is 1. The maximum Gasteiger partial charge on any atom is 0.126 e. The van der Waals surface area contributed by atoms with E-state index in [1.807, 2.05) is 12.1 Å². The van der Waals surface area contributed by atoms with Crippen LogP contribution in [0.15, 0.2) is 24.3 Å². The smallest absolute Gasteiger partial charge is 0.126 e. The summed E-state index contributed by atoms with van der Waals surface area (Å²) in [5.74, 6) is -0.133. The summed E-state index contributed by atoms with van der Waals surface area (Å²) in [6.45, 7) is 3.23. The number of benzene rings is 1. The van der Waals surface area contributed by atoms with Crippen molar-refractivity contribution < 1.29 is 4.39 Å². The van der Waals surface area contributed by atoms with Gasteiger partial charge in [-0.25, -0.2) is 9.37 Å². The zero-order chi connectivity index (χ0) is 14.7. The third-order valence-corrected chi connectivity index (χ3v) is 5.15. The average Bonchev–Trinajstić information content (AvgIpc) is 2.90. The maximum atomic E-state index is 13.8. The molecular weight excluding hydrogens is 283 g/mol. The Morgan fingerprint density at radius 3 is 3.05 bits per heavy atom. The molecule has 112 valence electrons. The highest BCUT2D eigenvalue weighted by Crippen LogP contribution is 2.35. The number of thiazole rings is 1. The molecule has 1 N–H and O–H groups in total. The van der Waals surface area contributed by atoms with E-state index in [1.165, 1.54) is 29.5 Å². The quantitative estimate of drug-likeness (QED) is 0.893. The highest BCUT2D eigenvalue weighted by Gasteiger charge is 2.24. The molecule has 1 aromatic carbocycles. The summed E-state index contributed by atoms with van der Waals surface area (Å²) in [5, 5.41) is 4.65. The van der Waals surface area contributed by atoms with Crippen LogP contribution in [0.25, 0.3) is 0 Å². The molecule has 0 saturated carbocycles. The summed E-state index contributed by atoms with van der Waals surface area (Å²) in [6.07, 6.45) is 5.19. The molecule has 0 spiro atoms. The number of aryl methyl sites for hydroxylation is 1. The van der Waals surface area contributed by atoms with Gasteiger partial charge in [0.2, 0.25) is 0 Å². The maximum absolute atomic E-state index is 13.8. The summed E-state index contributed by atoms with van der Waals surface area (Å²) in [4.78, 5) is 6.13. The standard InChI is InChI=1S/C17H21FN2S/c1-2-10-19-14-8-5-9-15-17(14)21-16(20-15)11-12-6-3-4-7-13(12)18/h3-4,6-7,14,19H,2,5,8-11H2,1H3. The molecule has 0 amide bonds. The van der Waals surface area contributed by atoms with Crippen molar-refractivity contribution in [2.24, 2.45) is 0 Å². The van der Waals surface area contributed by atoms with Crippen LogP contribution in [0.4, 0.5) is 4.39 Å². The van der Waals surface area contributed by atoms with Crippen LogP contribution in [0.1, 0.15) is 53.4 Å². The van der Waals surface area contributed by atoms with E-state index in [9.17, 15) is 4.39 Å². The van der Waals surface area contributed by atoms with E-state index in [0.717, 1.165) is 30.0 Å². The second-order valence-corrected chi connectivity index (χ2v) is 6.70. The molecule has 4 heteroatoms. The largest absolute Gasteiger partial charge is 0.309 e. The molecule has 0 saturated heterocycles. The summed E-state index contributed by atoms with van der Waals surface area (Å²) in [7, 11) is 0. The van der Waals surface area contributed by atoms with E-state index in [4.69, 9.17) is 4.98 Å². The van der Waals surface area contributed by atoms with E-state index in [1.54, 1.807) is 17.4 Å². The van der Waals surface area contributed by atoms with Gasteiger partial charge in [0.1, 0.15) is 5.82 Å². The Kier molecular flexibility index (Phi) is 4.66. The predicted octanol–water partition coefficient (Wildman–Crippen LogP) is 4.25. The molecule has 0 fully saturated rings. The molecule has 1 aliphatic rings. The summed E-state index contributed by atoms with van der Waals surface area (Å²) in [5.41, 5.74) is 1.97. The van der Waals surface area contributed by atoms with Crippen molar-refractivity contribution in [3.63, 3.8) is 0 Å². The van der Waals surface area contributed by atoms with Crippen LogP contribution >= 0.6 is 11.3 Å². The number of halogens is 1. The Bertz CT molecular complexity index is 609. The van der Waals surface area contributed by atoms with Crippen molar-refractivity contribution in [1.29, 1.82) is 0 Å². The lowest BCUT2D eigenvalue weighted by atomic mass is 9.98. The molecule has 3 rings (SSSR count). The SMILES string of the molecule is CCCNC1CCCc2nc(Cc3ccccc3F)sc21. The van der Waals surface area contributed by atoms with Gasteiger partial charge in [-0.05, 0) is 43.9 Å². The van der Waals surface area contributed by atoms with Gasteiger partial charge in [0, 0.05) is 17.3 Å². The van der Waals surface area contributed by atoms with Gasteiger partial charge in [-0.3, -0.25) is 0 Å². The van der Waals surface area contributed by atoms with Crippen molar-refractivity contribution in [3.05, 3.63) is 51.2 Å². The number of hydrogen-bond donors (Lipinski definition) is 1. The van der Waals surface area contributed by atoms with Crippen molar-refractivity contribution in [2.75, 3.05) is 6.54 Å². The fourth-order valence-corrected chi connectivity index (χ4v) is 4.11. The highest BCUT2D eigenvalue weighted by atomic mass is 32.1. The lowest BCUT2D eigenvalue weighted by Gasteiger charge is -2.22. The first-order chi connectivity index (χ1) is 10.3. The minimum Gasteiger partial charge on any atom is -0.309 e. The molecule has 2 aromatic rings. The fourth-order valence-electron chi connectivity index (χ4n) is 2.86. The van der Waals surface area contributed by atoms with Crippen molar-refractivity contribution in [2.45, 2.75) is 45.1 Å². The number of nitrogens with zero attached hydrogens (tertiary/aromatic N) is 1. The van der Waals surface area contributed by atoms with Gasteiger partial charge >= 0.3 is 0 Å². The van der Waals surface area contributed by atoms with Gasteiger partial charge in [0.15, 0.2) is 0 Å². The first kappa shape index (κ1) is 14.7. The zero-order valence-electron chi connectivity index (χ0n) is 12.4. The molecule has 21 heavy (non-hydrogen) atoms. The summed E-state index contributed by atoms with van der Waals surface area (Å²) < 4.78 is 13.8. The fraction of sp³-hybridized carbons (Fsp3) is 0.471. The number of nitrogens with one attached hydrogen (secondary N) is 1. The van der Waals surface area contributed by atoms with Gasteiger partial charge in [-0.1, -0.05) is 25.1 Å². The van der Waals surface area contributed by atoms with Gasteiger partial charge in [-0.2, -0.15) is 0 Å². The topological polar surface area (TPSA) is 24.9 Å². The number of rotatable bonds is 5. The van der Waals surface area contributed by atoms with Gasteiger partial charge in [-0.15, -0.1) is 11.3 Å². The Morgan fingerprint density at radius 1 is 1.38 bits per heavy atom. The zero-order valence-corrected chi connectivity index (χ0v) is 13.2. The monoisotopic (exact) mass is 304 g/mol. The second-order valence-electron chi connectivity index (χ2n) is 5.59. The van der Waals surface area contributed by atoms with Crippen LogP contribution in [-0.2, 0) is 12.8 Å². The average molecular weight is 304 g/mol. The third kappa shape index (κ3) is 3.33. The minimum atomic E-state index is -0.133. The van der Waals surface area contributed by atoms with E-state index in [-0.39, 0.29) is 5.82 Å². The molecule has 0 radical (unpaired) electrons. The van der Waals surface area contributed by atoms with E-state index in [0.29, 0.717) is 12.5 Å². The first-order valence-corrected chi connectivity index (χ1v) is 8.55. The molecule has 1 aromatic heterocycles. The van der Waals surface area contributed by atoms with Gasteiger partial charge < -0.3 is 5.32 Å². The first-order valence-electron chi connectivity index (χ1n) is 7.73. The summed E-state index contributed by atoms with van der Waals surface area (Å²) in [6, 6.07) is 7.44. The molecule has 0 bridgehead atoms. The van der Waals surface area contributed by atoms with Crippen LogP contribution in [0.5, 0.6) is 0 Å². The lowest BCUT2D eigenvalue weighted by Crippen LogP contribution is -2.24. The minimum absolute atomic E-state index is 0.133. The Balaban J connectivity index is 1.80. The molecule has 1 unspecified atom stereocenters. The van der Waals surface area contributed by atoms with Crippen LogP contribution in [0, 0.1) is 5.82 Å². The number of fused-ring (bicyclic) bond motifs is 1.